The number of allylic oxidation sites excluding steroid dienone is 4. The molecule has 1 amide bonds. The lowest BCUT2D eigenvalue weighted by atomic mass is 9.80. The summed E-state index contributed by atoms with van der Waals surface area (Å²) >= 11 is 0. The van der Waals surface area contributed by atoms with E-state index in [9.17, 15) is 15.3 Å². The minimum atomic E-state index is -0.858. The fraction of sp³-hybridized carbons (Fsp3) is 0.259. The summed E-state index contributed by atoms with van der Waals surface area (Å²) in [7, 11) is 1.78. The molecule has 0 atom stereocenters. The summed E-state index contributed by atoms with van der Waals surface area (Å²) in [6.07, 6.45) is 0.695. The minimum absolute atomic E-state index is 0.195. The molecule has 2 aromatic carbocycles. The molecular weight excluding hydrogens is 443 g/mol. The van der Waals surface area contributed by atoms with Crippen molar-refractivity contribution in [2.75, 3.05) is 12.4 Å². The van der Waals surface area contributed by atoms with Crippen molar-refractivity contribution in [2.45, 2.75) is 40.0 Å². The molecule has 1 aliphatic heterocycles. The molecule has 2 heterocycles. The topological polar surface area (TPSA) is 109 Å². The molecule has 0 fully saturated rings. The van der Waals surface area contributed by atoms with Crippen molar-refractivity contribution in [3.63, 3.8) is 0 Å². The molecule has 0 saturated heterocycles. The Balaban J connectivity index is 1.88. The van der Waals surface area contributed by atoms with Crippen LogP contribution in [0.5, 0.6) is 0 Å². The number of H-pyrrole nitrogens is 1. The molecular formula is C27H25FN6O. The lowest BCUT2D eigenvalue weighted by molar-refractivity contribution is 0.102. The molecule has 0 radical (unpaired) electrons. The first kappa shape index (κ1) is 23.7. The molecule has 0 spiro atoms. The van der Waals surface area contributed by atoms with Crippen LogP contribution in [0.1, 0.15) is 53.7 Å². The van der Waals surface area contributed by atoms with E-state index in [4.69, 9.17) is 0 Å². The van der Waals surface area contributed by atoms with E-state index in [0.29, 0.717) is 51.0 Å². The van der Waals surface area contributed by atoms with Gasteiger partial charge in [-0.1, -0.05) is 25.1 Å². The van der Waals surface area contributed by atoms with E-state index in [0.717, 1.165) is 5.56 Å². The first-order chi connectivity index (χ1) is 16.7. The molecule has 3 aromatic rings. The van der Waals surface area contributed by atoms with E-state index in [1.54, 1.807) is 50.9 Å². The first-order valence-corrected chi connectivity index (χ1v) is 11.3. The second-order valence-electron chi connectivity index (χ2n) is 8.58. The summed E-state index contributed by atoms with van der Waals surface area (Å²) in [5, 5.41) is 30.3. The maximum atomic E-state index is 15.7. The van der Waals surface area contributed by atoms with E-state index in [-0.39, 0.29) is 17.3 Å². The smallest absolute Gasteiger partial charge is 0.257 e. The van der Waals surface area contributed by atoms with Crippen LogP contribution in [-0.4, -0.2) is 28.1 Å². The number of carbonyl (C=O) groups is 1. The van der Waals surface area contributed by atoms with Crippen LogP contribution < -0.4 is 5.32 Å². The zero-order valence-electron chi connectivity index (χ0n) is 20.2. The number of nitrogens with zero attached hydrogens (tertiary/aromatic N) is 4. The summed E-state index contributed by atoms with van der Waals surface area (Å²) in [5.74, 6) is -1.44. The quantitative estimate of drug-likeness (QED) is 0.529. The van der Waals surface area contributed by atoms with Crippen molar-refractivity contribution in [1.29, 1.82) is 10.5 Å². The number of amides is 1. The van der Waals surface area contributed by atoms with Gasteiger partial charge in [-0.3, -0.25) is 9.89 Å². The van der Waals surface area contributed by atoms with Gasteiger partial charge in [0.15, 0.2) is 5.82 Å². The van der Waals surface area contributed by atoms with Gasteiger partial charge in [0.2, 0.25) is 0 Å². The number of aryl methyl sites for hydroxylation is 2. The molecule has 0 aliphatic carbocycles. The highest BCUT2D eigenvalue weighted by molar-refractivity contribution is 6.09. The number of aromatic nitrogens is 2. The average molecular weight is 469 g/mol. The first-order valence-electron chi connectivity index (χ1n) is 11.3. The van der Waals surface area contributed by atoms with Crippen LogP contribution in [0.15, 0.2) is 52.9 Å². The van der Waals surface area contributed by atoms with Crippen LogP contribution in [0, 0.1) is 35.4 Å². The van der Waals surface area contributed by atoms with Crippen LogP contribution in [0.4, 0.5) is 10.2 Å². The van der Waals surface area contributed by atoms with Gasteiger partial charge in [-0.15, -0.1) is 0 Å². The molecule has 0 saturated carbocycles. The Morgan fingerprint density at radius 2 is 1.80 bits per heavy atom. The molecule has 2 N–H and O–H groups in total. The van der Waals surface area contributed by atoms with Crippen LogP contribution in [0.3, 0.4) is 0 Å². The lowest BCUT2D eigenvalue weighted by Crippen LogP contribution is -2.26. The van der Waals surface area contributed by atoms with Crippen LogP contribution >= 0.6 is 0 Å². The zero-order chi connectivity index (χ0) is 25.4. The number of anilines is 1. The number of nitriles is 2. The van der Waals surface area contributed by atoms with Gasteiger partial charge >= 0.3 is 0 Å². The van der Waals surface area contributed by atoms with Crippen molar-refractivity contribution < 1.29 is 9.18 Å². The van der Waals surface area contributed by atoms with E-state index >= 15 is 4.39 Å². The summed E-state index contributed by atoms with van der Waals surface area (Å²) in [6.45, 7) is 7.14. The van der Waals surface area contributed by atoms with Gasteiger partial charge in [0, 0.05) is 40.5 Å². The third kappa shape index (κ3) is 3.74. The molecule has 0 bridgehead atoms. The maximum Gasteiger partial charge on any atom is 0.257 e. The normalized spacial score (nSPS) is 14.3. The number of benzene rings is 2. The Morgan fingerprint density at radius 1 is 1.17 bits per heavy atom. The van der Waals surface area contributed by atoms with Gasteiger partial charge in [-0.25, -0.2) is 4.39 Å². The average Bonchev–Trinajstić information content (AvgIpc) is 3.27. The van der Waals surface area contributed by atoms with Gasteiger partial charge in [-0.05, 0) is 44.9 Å². The highest BCUT2D eigenvalue weighted by Crippen LogP contribution is 2.43. The second kappa shape index (κ2) is 9.08. The molecule has 176 valence electrons. The fourth-order valence-electron chi connectivity index (χ4n) is 4.63. The number of rotatable bonds is 4. The third-order valence-corrected chi connectivity index (χ3v) is 6.85. The van der Waals surface area contributed by atoms with E-state index in [1.807, 2.05) is 19.1 Å². The number of hydrogen-bond donors (Lipinski definition) is 2. The molecule has 4 rings (SSSR count). The molecule has 1 aliphatic rings. The van der Waals surface area contributed by atoms with Gasteiger partial charge in [0.05, 0.1) is 34.7 Å². The van der Waals surface area contributed by atoms with E-state index in [1.165, 1.54) is 0 Å². The number of halogens is 1. The fourth-order valence-corrected chi connectivity index (χ4v) is 4.63. The van der Waals surface area contributed by atoms with Crippen LogP contribution in [-0.2, 0) is 6.42 Å². The Labute approximate surface area is 203 Å². The predicted molar refractivity (Wildman–Crippen MR) is 132 cm³/mol. The van der Waals surface area contributed by atoms with Gasteiger partial charge in [-0.2, -0.15) is 15.6 Å². The molecule has 8 heteroatoms. The van der Waals surface area contributed by atoms with Crippen molar-refractivity contribution >= 4 is 22.6 Å². The number of hydrogen-bond acceptors (Lipinski definition) is 5. The van der Waals surface area contributed by atoms with Crippen LogP contribution in [0.25, 0.3) is 10.9 Å². The number of carbonyl (C=O) groups excluding carboxylic acids is 1. The Hall–Kier alpha value is -4.43. The van der Waals surface area contributed by atoms with Crippen molar-refractivity contribution in [3.8, 4) is 12.1 Å². The monoisotopic (exact) mass is 468 g/mol. The summed E-state index contributed by atoms with van der Waals surface area (Å²) in [4.78, 5) is 14.8. The highest BCUT2D eigenvalue weighted by Gasteiger charge is 2.34. The van der Waals surface area contributed by atoms with Gasteiger partial charge in [0.25, 0.3) is 5.91 Å². The molecule has 1 aromatic heterocycles. The van der Waals surface area contributed by atoms with Gasteiger partial charge in [0.1, 0.15) is 5.82 Å². The molecule has 35 heavy (non-hydrogen) atoms. The van der Waals surface area contributed by atoms with Crippen LogP contribution in [0.2, 0.25) is 0 Å². The second-order valence-corrected chi connectivity index (χ2v) is 8.58. The van der Waals surface area contributed by atoms with Gasteiger partial charge < -0.3 is 10.2 Å². The Morgan fingerprint density at radius 3 is 2.40 bits per heavy atom. The van der Waals surface area contributed by atoms with Crippen molar-refractivity contribution in [2.24, 2.45) is 0 Å². The SMILES string of the molecule is CCc1ccccc1C(=O)Nc1n[nH]c2c(C)c(F)c(C3C(C#N)=C(C)N(C)C(C)=C3C#N)cc12. The third-order valence-electron chi connectivity index (χ3n) is 6.85. The van der Waals surface area contributed by atoms with Crippen molar-refractivity contribution in [1.82, 2.24) is 15.1 Å². The number of aromatic amines is 1. The largest absolute Gasteiger partial charge is 0.350 e. The zero-order valence-corrected chi connectivity index (χ0v) is 20.2. The lowest BCUT2D eigenvalue weighted by Gasteiger charge is -2.33. The van der Waals surface area contributed by atoms with Crippen molar-refractivity contribution in [3.05, 3.63) is 80.9 Å². The molecule has 7 nitrogen and oxygen atoms in total. The predicted octanol–water partition coefficient (Wildman–Crippen LogP) is 5.45. The minimum Gasteiger partial charge on any atom is -0.350 e. The number of fused-ring (bicyclic) bond motifs is 1. The standard InChI is InChI=1S/C27H25FN6O/c1-6-17-9-7-8-10-18(17)27(35)31-26-20-11-19(24(28)14(2)25(20)32-33-26)23-21(12-29)15(3)34(5)16(4)22(23)13-30/h7-11,23H,6H2,1-5H3,(H2,31,32,33,35). The summed E-state index contributed by atoms with van der Waals surface area (Å²) in [6, 6.07) is 13.3. The van der Waals surface area contributed by atoms with E-state index < -0.39 is 11.7 Å². The Kier molecular flexibility index (Phi) is 6.15. The Bertz CT molecular complexity index is 1480. The van der Waals surface area contributed by atoms with E-state index in [2.05, 4.69) is 27.7 Å². The maximum absolute atomic E-state index is 15.7. The molecule has 0 unspecified atom stereocenters. The summed E-state index contributed by atoms with van der Waals surface area (Å²) in [5.41, 5.74) is 4.29. The number of nitrogens with one attached hydrogen (secondary N) is 2. The highest BCUT2D eigenvalue weighted by atomic mass is 19.1. The summed E-state index contributed by atoms with van der Waals surface area (Å²) < 4.78 is 15.7.